The van der Waals surface area contributed by atoms with Crippen LogP contribution in [0.2, 0.25) is 0 Å². The molecule has 88 valence electrons. The van der Waals surface area contributed by atoms with E-state index in [2.05, 4.69) is 0 Å². The Hall–Kier alpha value is -1.38. The number of aryl methyl sites for hydroxylation is 1. The zero-order valence-corrected chi connectivity index (χ0v) is 10.1. The number of hydrogen-bond acceptors (Lipinski definition) is 2. The summed E-state index contributed by atoms with van der Waals surface area (Å²) < 4.78 is 18.8. The molecule has 0 aliphatic rings. The highest BCUT2D eigenvalue weighted by Gasteiger charge is 2.18. The number of ether oxygens (including phenoxy) is 1. The smallest absolute Gasteiger partial charge is 0.341 e. The maximum atomic E-state index is 13.6. The molecule has 1 aromatic rings. The average molecular weight is 224 g/mol. The Kier molecular flexibility index (Phi) is 4.05. The molecule has 0 fully saturated rings. The third-order valence-electron chi connectivity index (χ3n) is 2.64. The second-order valence-electron chi connectivity index (χ2n) is 4.29. The Morgan fingerprint density at radius 2 is 1.94 bits per heavy atom. The summed E-state index contributed by atoms with van der Waals surface area (Å²) in [6.07, 6.45) is -0.215. The third kappa shape index (κ3) is 2.81. The van der Waals surface area contributed by atoms with Gasteiger partial charge in [0.2, 0.25) is 0 Å². The first-order valence-electron chi connectivity index (χ1n) is 5.39. The van der Waals surface area contributed by atoms with Gasteiger partial charge < -0.3 is 4.74 Å². The molecule has 0 radical (unpaired) electrons. The van der Waals surface area contributed by atoms with Crippen molar-refractivity contribution in [3.8, 4) is 0 Å². The van der Waals surface area contributed by atoms with Gasteiger partial charge in [0.05, 0.1) is 5.56 Å². The van der Waals surface area contributed by atoms with Gasteiger partial charge in [-0.25, -0.2) is 9.18 Å². The van der Waals surface area contributed by atoms with Crippen molar-refractivity contribution >= 4 is 5.97 Å². The molecular weight excluding hydrogens is 207 g/mol. The molecule has 0 bridgehead atoms. The van der Waals surface area contributed by atoms with Crippen LogP contribution in [0.3, 0.4) is 0 Å². The highest BCUT2D eigenvalue weighted by molar-refractivity contribution is 5.90. The summed E-state index contributed by atoms with van der Waals surface area (Å²) in [5.74, 6) is -0.873. The monoisotopic (exact) mass is 224 g/mol. The molecule has 0 saturated heterocycles. The van der Waals surface area contributed by atoms with Crippen molar-refractivity contribution in [2.24, 2.45) is 5.92 Å². The van der Waals surface area contributed by atoms with Gasteiger partial charge in [-0.1, -0.05) is 26.0 Å². The van der Waals surface area contributed by atoms with E-state index in [1.165, 1.54) is 6.07 Å². The first-order valence-corrected chi connectivity index (χ1v) is 5.39. The second kappa shape index (κ2) is 5.10. The Morgan fingerprint density at radius 1 is 1.31 bits per heavy atom. The zero-order chi connectivity index (χ0) is 12.3. The van der Waals surface area contributed by atoms with E-state index in [4.69, 9.17) is 4.74 Å². The summed E-state index contributed by atoms with van der Waals surface area (Å²) in [6.45, 7) is 7.32. The van der Waals surface area contributed by atoms with Crippen LogP contribution >= 0.6 is 0 Å². The SMILES string of the molecule is Cc1cccc(C(=O)OC(C)C(C)C)c1F. The lowest BCUT2D eigenvalue weighted by Crippen LogP contribution is -2.21. The van der Waals surface area contributed by atoms with Crippen LogP contribution < -0.4 is 0 Å². The molecule has 0 N–H and O–H groups in total. The molecule has 16 heavy (non-hydrogen) atoms. The first-order chi connectivity index (χ1) is 7.43. The van der Waals surface area contributed by atoms with Gasteiger partial charge in [0.1, 0.15) is 11.9 Å². The first kappa shape index (κ1) is 12.7. The number of esters is 1. The van der Waals surface area contributed by atoms with Crippen molar-refractivity contribution in [1.82, 2.24) is 0 Å². The molecule has 0 spiro atoms. The van der Waals surface area contributed by atoms with Crippen LogP contribution in [0.1, 0.15) is 36.7 Å². The van der Waals surface area contributed by atoms with Crippen LogP contribution in [-0.4, -0.2) is 12.1 Å². The Morgan fingerprint density at radius 3 is 2.50 bits per heavy atom. The van der Waals surface area contributed by atoms with Gasteiger partial charge in [0, 0.05) is 0 Å². The fourth-order valence-corrected chi connectivity index (χ4v) is 1.17. The highest BCUT2D eigenvalue weighted by atomic mass is 19.1. The van der Waals surface area contributed by atoms with Gasteiger partial charge >= 0.3 is 5.97 Å². The average Bonchev–Trinajstić information content (AvgIpc) is 2.21. The largest absolute Gasteiger partial charge is 0.459 e. The van der Waals surface area contributed by atoms with Crippen molar-refractivity contribution in [2.75, 3.05) is 0 Å². The summed E-state index contributed by atoms with van der Waals surface area (Å²) in [5.41, 5.74) is 0.458. The Bertz CT molecular complexity index is 386. The van der Waals surface area contributed by atoms with Gasteiger partial charge in [-0.3, -0.25) is 0 Å². The maximum absolute atomic E-state index is 13.6. The number of rotatable bonds is 3. The minimum Gasteiger partial charge on any atom is -0.459 e. The lowest BCUT2D eigenvalue weighted by Gasteiger charge is -2.16. The van der Waals surface area contributed by atoms with E-state index in [0.717, 1.165) is 0 Å². The highest BCUT2D eigenvalue weighted by Crippen LogP contribution is 2.15. The number of carbonyl (C=O) groups is 1. The topological polar surface area (TPSA) is 26.3 Å². The predicted octanol–water partition coefficient (Wildman–Crippen LogP) is 3.34. The molecule has 0 saturated carbocycles. The summed E-state index contributed by atoms with van der Waals surface area (Å²) in [5, 5.41) is 0. The van der Waals surface area contributed by atoms with Crippen LogP contribution in [0.4, 0.5) is 4.39 Å². The van der Waals surface area contributed by atoms with Crippen molar-refractivity contribution in [3.63, 3.8) is 0 Å². The van der Waals surface area contributed by atoms with Crippen molar-refractivity contribution in [3.05, 3.63) is 35.1 Å². The third-order valence-corrected chi connectivity index (χ3v) is 2.64. The zero-order valence-electron chi connectivity index (χ0n) is 10.1. The molecule has 0 aliphatic heterocycles. The summed E-state index contributed by atoms with van der Waals surface area (Å²) >= 11 is 0. The van der Waals surface area contributed by atoms with Gasteiger partial charge in [-0.2, -0.15) is 0 Å². The van der Waals surface area contributed by atoms with Crippen molar-refractivity contribution < 1.29 is 13.9 Å². The molecule has 3 heteroatoms. The summed E-state index contributed by atoms with van der Waals surface area (Å²) in [7, 11) is 0. The van der Waals surface area contributed by atoms with Gasteiger partial charge in [-0.15, -0.1) is 0 Å². The van der Waals surface area contributed by atoms with E-state index < -0.39 is 11.8 Å². The van der Waals surface area contributed by atoms with Crippen LogP contribution in [0.5, 0.6) is 0 Å². The maximum Gasteiger partial charge on any atom is 0.341 e. The number of halogens is 1. The minimum absolute atomic E-state index is 0.00694. The number of carbonyl (C=O) groups excluding carboxylic acids is 1. The van der Waals surface area contributed by atoms with Crippen LogP contribution in [0.15, 0.2) is 18.2 Å². The number of benzene rings is 1. The normalized spacial score (nSPS) is 12.6. The Balaban J connectivity index is 2.85. The van der Waals surface area contributed by atoms with E-state index in [0.29, 0.717) is 5.56 Å². The summed E-state index contributed by atoms with van der Waals surface area (Å²) in [6, 6.07) is 4.71. The van der Waals surface area contributed by atoms with Gasteiger partial charge in [0.15, 0.2) is 0 Å². The van der Waals surface area contributed by atoms with E-state index >= 15 is 0 Å². The molecule has 1 rings (SSSR count). The Labute approximate surface area is 95.4 Å². The van der Waals surface area contributed by atoms with Crippen molar-refractivity contribution in [1.29, 1.82) is 0 Å². The lowest BCUT2D eigenvalue weighted by atomic mass is 10.1. The molecule has 2 nitrogen and oxygen atoms in total. The van der Waals surface area contributed by atoms with Crippen LogP contribution in [0, 0.1) is 18.7 Å². The van der Waals surface area contributed by atoms with E-state index in [1.54, 1.807) is 26.0 Å². The lowest BCUT2D eigenvalue weighted by molar-refractivity contribution is 0.0232. The predicted molar refractivity (Wildman–Crippen MR) is 60.9 cm³/mol. The minimum atomic E-state index is -0.595. The molecular formula is C13H17FO2. The molecule has 1 atom stereocenters. The fourth-order valence-electron chi connectivity index (χ4n) is 1.17. The molecule has 1 aromatic carbocycles. The van der Waals surface area contributed by atoms with Crippen LogP contribution in [-0.2, 0) is 4.74 Å². The van der Waals surface area contributed by atoms with E-state index in [1.807, 2.05) is 13.8 Å². The molecule has 0 aliphatic carbocycles. The number of hydrogen-bond donors (Lipinski definition) is 0. The molecule has 0 aromatic heterocycles. The quantitative estimate of drug-likeness (QED) is 0.736. The second-order valence-corrected chi connectivity index (χ2v) is 4.29. The molecule has 1 unspecified atom stereocenters. The fraction of sp³-hybridized carbons (Fsp3) is 0.462. The molecule has 0 amide bonds. The summed E-state index contributed by atoms with van der Waals surface area (Å²) in [4.78, 5) is 11.7. The van der Waals surface area contributed by atoms with Gasteiger partial charge in [0.25, 0.3) is 0 Å². The van der Waals surface area contributed by atoms with Crippen LogP contribution in [0.25, 0.3) is 0 Å². The van der Waals surface area contributed by atoms with Crippen molar-refractivity contribution in [2.45, 2.75) is 33.8 Å². The molecule has 0 heterocycles. The standard InChI is InChI=1S/C13H17FO2/c1-8(2)10(4)16-13(15)11-7-5-6-9(3)12(11)14/h5-8,10H,1-4H3. The van der Waals surface area contributed by atoms with E-state index in [-0.39, 0.29) is 17.6 Å². The van der Waals surface area contributed by atoms with E-state index in [9.17, 15) is 9.18 Å². The van der Waals surface area contributed by atoms with Gasteiger partial charge in [-0.05, 0) is 31.4 Å².